The second-order valence-electron chi connectivity index (χ2n) is 6.83. The molecule has 0 aromatic heterocycles. The van der Waals surface area contributed by atoms with E-state index in [4.69, 9.17) is 8.92 Å². The Bertz CT molecular complexity index is 1390. The minimum atomic E-state index is -4.37. The number of benzene rings is 3. The number of rotatable bonds is 8. The lowest BCUT2D eigenvalue weighted by atomic mass is 10.2. The number of hydrogen-bond acceptors (Lipinski definition) is 8. The van der Waals surface area contributed by atoms with Gasteiger partial charge in [0.1, 0.15) is 4.90 Å². The second kappa shape index (κ2) is 10.4. The zero-order chi connectivity index (χ0) is 24.9. The van der Waals surface area contributed by atoms with Crippen LogP contribution in [0.2, 0.25) is 0 Å². The summed E-state index contributed by atoms with van der Waals surface area (Å²) >= 11 is 3.29. The summed E-state index contributed by atoms with van der Waals surface area (Å²) in [6.45, 7) is 1.50. The lowest BCUT2D eigenvalue weighted by Gasteiger charge is -2.11. The van der Waals surface area contributed by atoms with Crippen LogP contribution in [0.4, 0.5) is 5.69 Å². The van der Waals surface area contributed by atoms with Crippen LogP contribution < -0.4 is 14.3 Å². The Hall–Kier alpha value is -3.77. The molecule has 34 heavy (non-hydrogen) atoms. The van der Waals surface area contributed by atoms with Crippen molar-refractivity contribution in [1.29, 1.82) is 0 Å². The minimum absolute atomic E-state index is 0.0752. The first-order valence-corrected chi connectivity index (χ1v) is 11.8. The average molecular weight is 548 g/mol. The topological polar surface area (TPSA) is 137 Å². The quantitative estimate of drug-likeness (QED) is 0.193. The maximum atomic E-state index is 12.7. The number of aryl methyl sites for hydroxylation is 1. The van der Waals surface area contributed by atoms with E-state index in [2.05, 4.69) is 26.5 Å². The molecule has 0 aliphatic heterocycles. The lowest BCUT2D eigenvalue weighted by Crippen LogP contribution is -2.18. The molecule has 3 aromatic rings. The maximum Gasteiger partial charge on any atom is 0.339 e. The molecule has 1 N–H and O–H groups in total. The van der Waals surface area contributed by atoms with Crippen molar-refractivity contribution in [2.75, 3.05) is 7.11 Å². The zero-order valence-electron chi connectivity index (χ0n) is 17.9. The van der Waals surface area contributed by atoms with Gasteiger partial charge in [-0.2, -0.15) is 13.5 Å². The Morgan fingerprint density at radius 1 is 1.12 bits per heavy atom. The van der Waals surface area contributed by atoms with E-state index in [1.54, 1.807) is 24.3 Å². The molecule has 0 saturated heterocycles. The summed E-state index contributed by atoms with van der Waals surface area (Å²) in [5.41, 5.74) is 3.26. The van der Waals surface area contributed by atoms with Crippen molar-refractivity contribution in [1.82, 2.24) is 5.43 Å². The van der Waals surface area contributed by atoms with Crippen LogP contribution in [-0.2, 0) is 10.1 Å². The molecule has 3 aromatic carbocycles. The molecule has 1 amide bonds. The summed E-state index contributed by atoms with van der Waals surface area (Å²) in [6.07, 6.45) is 1.35. The van der Waals surface area contributed by atoms with E-state index in [1.807, 2.05) is 0 Å². The third-order valence-electron chi connectivity index (χ3n) is 4.55. The molecule has 0 atom stereocenters. The van der Waals surface area contributed by atoms with E-state index in [0.717, 1.165) is 6.07 Å². The molecule has 176 valence electrons. The third kappa shape index (κ3) is 5.77. The van der Waals surface area contributed by atoms with E-state index in [-0.39, 0.29) is 22.1 Å². The summed E-state index contributed by atoms with van der Waals surface area (Å²) < 4.78 is 36.3. The molecule has 0 radical (unpaired) electrons. The Balaban J connectivity index is 1.78. The van der Waals surface area contributed by atoms with Crippen molar-refractivity contribution in [2.24, 2.45) is 5.10 Å². The van der Waals surface area contributed by atoms with Crippen LogP contribution in [0.5, 0.6) is 11.5 Å². The maximum absolute atomic E-state index is 12.7. The molecular formula is C22H18BrN3O7S. The van der Waals surface area contributed by atoms with Crippen LogP contribution in [0.25, 0.3) is 0 Å². The highest BCUT2D eigenvalue weighted by molar-refractivity contribution is 9.10. The number of carbonyl (C=O) groups excluding carboxylic acids is 1. The van der Waals surface area contributed by atoms with Crippen LogP contribution in [0.15, 0.2) is 75.1 Å². The van der Waals surface area contributed by atoms with Crippen molar-refractivity contribution < 1.29 is 27.1 Å². The number of carbonyl (C=O) groups is 1. The van der Waals surface area contributed by atoms with Gasteiger partial charge in [0.2, 0.25) is 0 Å². The standard InChI is InChI=1S/C22H18BrN3O7S/c1-14-7-9-16(12-19(14)26(28)29)34(30,31)33-20-10-8-15(11-21(20)32-2)13-24-25-22(27)17-5-3-4-6-18(17)23/h3-13H,1-2H3,(H,25,27). The smallest absolute Gasteiger partial charge is 0.339 e. The Morgan fingerprint density at radius 3 is 2.53 bits per heavy atom. The summed E-state index contributed by atoms with van der Waals surface area (Å²) in [7, 11) is -3.05. The predicted octanol–water partition coefficient (Wildman–Crippen LogP) is 4.21. The highest BCUT2D eigenvalue weighted by Crippen LogP contribution is 2.31. The van der Waals surface area contributed by atoms with Gasteiger partial charge in [0.05, 0.1) is 23.8 Å². The highest BCUT2D eigenvalue weighted by Gasteiger charge is 2.23. The normalized spacial score (nSPS) is 11.3. The molecule has 0 fully saturated rings. The molecule has 0 bridgehead atoms. The number of methoxy groups -OCH3 is 1. The average Bonchev–Trinajstić information content (AvgIpc) is 2.79. The van der Waals surface area contributed by atoms with E-state index in [1.165, 1.54) is 50.6 Å². The molecule has 0 unspecified atom stereocenters. The van der Waals surface area contributed by atoms with Gasteiger partial charge >= 0.3 is 10.1 Å². The number of hydrazone groups is 1. The fourth-order valence-electron chi connectivity index (χ4n) is 2.81. The van der Waals surface area contributed by atoms with E-state index >= 15 is 0 Å². The Kier molecular flexibility index (Phi) is 7.64. The predicted molar refractivity (Wildman–Crippen MR) is 128 cm³/mol. The van der Waals surface area contributed by atoms with Gasteiger partial charge in [-0.1, -0.05) is 18.2 Å². The summed E-state index contributed by atoms with van der Waals surface area (Å²) in [5, 5.41) is 15.0. The van der Waals surface area contributed by atoms with E-state index in [9.17, 15) is 23.3 Å². The first-order valence-electron chi connectivity index (χ1n) is 9.58. The minimum Gasteiger partial charge on any atom is -0.493 e. The van der Waals surface area contributed by atoms with Crippen LogP contribution in [-0.4, -0.2) is 32.6 Å². The largest absolute Gasteiger partial charge is 0.493 e. The first kappa shape index (κ1) is 24.9. The number of nitro benzene ring substituents is 1. The van der Waals surface area contributed by atoms with Gasteiger partial charge in [0, 0.05) is 16.1 Å². The van der Waals surface area contributed by atoms with Crippen molar-refractivity contribution in [3.05, 3.63) is 91.9 Å². The number of halogens is 1. The number of hydrogen-bond donors (Lipinski definition) is 1. The van der Waals surface area contributed by atoms with Crippen LogP contribution in [0, 0.1) is 17.0 Å². The number of ether oxygens (including phenoxy) is 1. The van der Waals surface area contributed by atoms with Gasteiger partial charge in [-0.3, -0.25) is 14.9 Å². The number of nitrogens with one attached hydrogen (secondary N) is 1. The Morgan fingerprint density at radius 2 is 1.85 bits per heavy atom. The van der Waals surface area contributed by atoms with Gasteiger partial charge in [-0.25, -0.2) is 5.43 Å². The summed E-state index contributed by atoms with van der Waals surface area (Å²) in [5.74, 6) is -0.472. The van der Waals surface area contributed by atoms with Gasteiger partial charge in [0.25, 0.3) is 11.6 Å². The van der Waals surface area contributed by atoms with Crippen molar-refractivity contribution in [2.45, 2.75) is 11.8 Å². The highest BCUT2D eigenvalue weighted by atomic mass is 79.9. The molecular weight excluding hydrogens is 530 g/mol. The fourth-order valence-corrected chi connectivity index (χ4v) is 4.24. The lowest BCUT2D eigenvalue weighted by molar-refractivity contribution is -0.385. The van der Waals surface area contributed by atoms with Crippen LogP contribution >= 0.6 is 15.9 Å². The van der Waals surface area contributed by atoms with Crippen molar-refractivity contribution in [3.8, 4) is 11.5 Å². The third-order valence-corrected chi connectivity index (χ3v) is 6.47. The molecule has 10 nitrogen and oxygen atoms in total. The number of nitrogens with zero attached hydrogens (tertiary/aromatic N) is 2. The fraction of sp³-hybridized carbons (Fsp3) is 0.0909. The molecule has 0 heterocycles. The molecule has 0 spiro atoms. The zero-order valence-corrected chi connectivity index (χ0v) is 20.3. The summed E-state index contributed by atoms with van der Waals surface area (Å²) in [6, 6.07) is 14.6. The second-order valence-corrected chi connectivity index (χ2v) is 9.23. The number of amides is 1. The van der Waals surface area contributed by atoms with Gasteiger partial charge in [0.15, 0.2) is 11.5 Å². The Labute approximate surface area is 203 Å². The van der Waals surface area contributed by atoms with E-state index in [0.29, 0.717) is 21.2 Å². The number of nitro groups is 1. The van der Waals surface area contributed by atoms with Gasteiger partial charge in [-0.15, -0.1) is 0 Å². The molecule has 3 rings (SSSR count). The van der Waals surface area contributed by atoms with Crippen molar-refractivity contribution in [3.63, 3.8) is 0 Å². The van der Waals surface area contributed by atoms with Crippen molar-refractivity contribution >= 4 is 43.9 Å². The molecule has 0 aliphatic carbocycles. The van der Waals surface area contributed by atoms with Gasteiger partial charge < -0.3 is 8.92 Å². The first-order chi connectivity index (χ1) is 16.1. The molecule has 12 heteroatoms. The summed E-state index contributed by atoms with van der Waals surface area (Å²) in [4.78, 5) is 22.3. The monoisotopic (exact) mass is 547 g/mol. The SMILES string of the molecule is COc1cc(C=NNC(=O)c2ccccc2Br)ccc1OS(=O)(=O)c1ccc(C)c([N+](=O)[O-])c1. The molecule has 0 aliphatic rings. The van der Waals surface area contributed by atoms with E-state index < -0.39 is 20.9 Å². The van der Waals surface area contributed by atoms with Crippen LogP contribution in [0.1, 0.15) is 21.5 Å². The van der Waals surface area contributed by atoms with Crippen LogP contribution in [0.3, 0.4) is 0 Å². The van der Waals surface area contributed by atoms with Gasteiger partial charge in [-0.05, 0) is 64.8 Å². The molecule has 0 saturated carbocycles.